The maximum absolute atomic E-state index is 5.71. The molecule has 18 heavy (non-hydrogen) atoms. The zero-order chi connectivity index (χ0) is 12.7. The predicted octanol–water partition coefficient (Wildman–Crippen LogP) is 2.16. The number of halogens is 1. The van der Waals surface area contributed by atoms with Gasteiger partial charge in [0.05, 0.1) is 22.2 Å². The molecule has 2 N–H and O–H groups in total. The molecule has 92 valence electrons. The third kappa shape index (κ3) is 1.78. The van der Waals surface area contributed by atoms with Crippen LogP contribution in [0.5, 0.6) is 0 Å². The lowest BCUT2D eigenvalue weighted by molar-refractivity contribution is 0.657. The molecule has 3 aromatic rings. The van der Waals surface area contributed by atoms with Gasteiger partial charge in [0.1, 0.15) is 0 Å². The number of nitrogens with two attached hydrogens (primary N) is 1. The molecule has 0 amide bonds. The minimum Gasteiger partial charge on any atom is -0.381 e. The van der Waals surface area contributed by atoms with Crippen molar-refractivity contribution in [3.05, 3.63) is 40.6 Å². The number of nitrogen functional groups attached to an aromatic ring is 1. The van der Waals surface area contributed by atoms with E-state index in [0.29, 0.717) is 12.4 Å². The van der Waals surface area contributed by atoms with Gasteiger partial charge in [0.15, 0.2) is 5.82 Å². The van der Waals surface area contributed by atoms with Crippen LogP contribution in [0.25, 0.3) is 10.9 Å². The molecule has 5 nitrogen and oxygen atoms in total. The number of rotatable bonds is 2. The Hall–Kier alpha value is -1.82. The van der Waals surface area contributed by atoms with Crippen LogP contribution in [0.2, 0.25) is 0 Å². The van der Waals surface area contributed by atoms with Gasteiger partial charge in [-0.1, -0.05) is 18.2 Å². The molecule has 0 atom stereocenters. The number of aryl methyl sites for hydroxylation is 1. The summed E-state index contributed by atoms with van der Waals surface area (Å²) < 4.78 is 4.48. The van der Waals surface area contributed by atoms with E-state index in [1.165, 1.54) is 0 Å². The van der Waals surface area contributed by atoms with E-state index in [-0.39, 0.29) is 0 Å². The molecule has 2 aromatic heterocycles. The molecule has 2 heterocycles. The second-order valence-electron chi connectivity index (χ2n) is 4.15. The Bertz CT molecular complexity index is 693. The lowest BCUT2D eigenvalue weighted by atomic mass is 10.2. The van der Waals surface area contributed by atoms with E-state index in [1.54, 1.807) is 4.68 Å². The summed E-state index contributed by atoms with van der Waals surface area (Å²) in [5.74, 6) is 0.496. The van der Waals surface area contributed by atoms with Gasteiger partial charge in [0.25, 0.3) is 0 Å². The fourth-order valence-corrected chi connectivity index (χ4v) is 2.37. The summed E-state index contributed by atoms with van der Waals surface area (Å²) in [6.07, 6.45) is 1.86. The third-order valence-electron chi connectivity index (χ3n) is 2.89. The van der Waals surface area contributed by atoms with Crippen LogP contribution in [0.3, 0.4) is 0 Å². The summed E-state index contributed by atoms with van der Waals surface area (Å²) in [6.45, 7) is 0.608. The molecule has 0 aliphatic heterocycles. The first-order valence-corrected chi connectivity index (χ1v) is 6.33. The number of fused-ring (bicyclic) bond motifs is 1. The van der Waals surface area contributed by atoms with Crippen molar-refractivity contribution in [2.75, 3.05) is 5.73 Å². The SMILES string of the molecule is Cn1nc(Cn2cc(Br)c(N)n2)c2ccccc21. The molecular formula is C12H12BrN5. The summed E-state index contributed by atoms with van der Waals surface area (Å²) in [7, 11) is 1.94. The van der Waals surface area contributed by atoms with Gasteiger partial charge in [0.2, 0.25) is 0 Å². The summed E-state index contributed by atoms with van der Waals surface area (Å²) in [5, 5.41) is 9.89. The topological polar surface area (TPSA) is 61.7 Å². The van der Waals surface area contributed by atoms with Crippen LogP contribution in [0.15, 0.2) is 34.9 Å². The van der Waals surface area contributed by atoms with E-state index in [2.05, 4.69) is 38.3 Å². The molecule has 1 aromatic carbocycles. The molecule has 6 heteroatoms. The highest BCUT2D eigenvalue weighted by molar-refractivity contribution is 9.10. The molecule has 0 saturated heterocycles. The van der Waals surface area contributed by atoms with E-state index >= 15 is 0 Å². The van der Waals surface area contributed by atoms with Crippen LogP contribution >= 0.6 is 15.9 Å². The number of para-hydroxylation sites is 1. The Kier molecular flexibility index (Phi) is 2.59. The van der Waals surface area contributed by atoms with Gasteiger partial charge < -0.3 is 5.73 Å². The second-order valence-corrected chi connectivity index (χ2v) is 5.00. The van der Waals surface area contributed by atoms with Gasteiger partial charge in [-0.2, -0.15) is 10.2 Å². The number of benzene rings is 1. The van der Waals surface area contributed by atoms with E-state index in [0.717, 1.165) is 21.1 Å². The summed E-state index contributed by atoms with van der Waals surface area (Å²) >= 11 is 3.35. The molecule has 3 rings (SSSR count). The lowest BCUT2D eigenvalue weighted by Gasteiger charge is -1.97. The molecule has 0 radical (unpaired) electrons. The van der Waals surface area contributed by atoms with Crippen LogP contribution in [0, 0.1) is 0 Å². The Balaban J connectivity index is 2.05. The lowest BCUT2D eigenvalue weighted by Crippen LogP contribution is -2.02. The largest absolute Gasteiger partial charge is 0.381 e. The smallest absolute Gasteiger partial charge is 0.159 e. The number of hydrogen-bond donors (Lipinski definition) is 1. The highest BCUT2D eigenvalue weighted by atomic mass is 79.9. The second kappa shape index (κ2) is 4.13. The molecule has 0 bridgehead atoms. The monoisotopic (exact) mass is 305 g/mol. The van der Waals surface area contributed by atoms with Crippen LogP contribution < -0.4 is 5.73 Å². The van der Waals surface area contributed by atoms with Crippen LogP contribution in [0.4, 0.5) is 5.82 Å². The molecule has 0 aliphatic carbocycles. The Morgan fingerprint density at radius 2 is 2.06 bits per heavy atom. The number of hydrogen-bond acceptors (Lipinski definition) is 3. The fraction of sp³-hybridized carbons (Fsp3) is 0.167. The number of nitrogens with zero attached hydrogens (tertiary/aromatic N) is 4. The van der Waals surface area contributed by atoms with Gasteiger partial charge >= 0.3 is 0 Å². The van der Waals surface area contributed by atoms with Crippen molar-refractivity contribution in [1.82, 2.24) is 19.6 Å². The average Bonchev–Trinajstić information content (AvgIpc) is 2.83. The fourth-order valence-electron chi connectivity index (χ4n) is 2.05. The van der Waals surface area contributed by atoms with E-state index in [4.69, 9.17) is 5.73 Å². The molecule has 0 aliphatic rings. The van der Waals surface area contributed by atoms with Crippen molar-refractivity contribution in [2.45, 2.75) is 6.54 Å². The highest BCUT2D eigenvalue weighted by Gasteiger charge is 2.10. The minimum atomic E-state index is 0.496. The Morgan fingerprint density at radius 1 is 1.28 bits per heavy atom. The summed E-state index contributed by atoms with van der Waals surface area (Å²) in [6, 6.07) is 8.15. The van der Waals surface area contributed by atoms with Crippen molar-refractivity contribution in [1.29, 1.82) is 0 Å². The Labute approximate surface area is 112 Å². The van der Waals surface area contributed by atoms with Crippen molar-refractivity contribution in [3.63, 3.8) is 0 Å². The van der Waals surface area contributed by atoms with Crippen LogP contribution in [-0.2, 0) is 13.6 Å². The average molecular weight is 306 g/mol. The van der Waals surface area contributed by atoms with Crippen molar-refractivity contribution >= 4 is 32.7 Å². The summed E-state index contributed by atoms with van der Waals surface area (Å²) in [5.41, 5.74) is 7.81. The summed E-state index contributed by atoms with van der Waals surface area (Å²) in [4.78, 5) is 0. The first kappa shape index (κ1) is 11.3. The van der Waals surface area contributed by atoms with Gasteiger partial charge in [0, 0.05) is 18.6 Å². The van der Waals surface area contributed by atoms with Gasteiger partial charge in [-0.25, -0.2) is 0 Å². The third-order valence-corrected chi connectivity index (χ3v) is 3.50. The first-order valence-electron chi connectivity index (χ1n) is 5.54. The van der Waals surface area contributed by atoms with Crippen LogP contribution in [0.1, 0.15) is 5.69 Å². The van der Waals surface area contributed by atoms with Gasteiger partial charge in [-0.15, -0.1) is 0 Å². The van der Waals surface area contributed by atoms with E-state index < -0.39 is 0 Å². The molecule has 0 fully saturated rings. The highest BCUT2D eigenvalue weighted by Crippen LogP contribution is 2.20. The Morgan fingerprint density at radius 3 is 2.78 bits per heavy atom. The zero-order valence-electron chi connectivity index (χ0n) is 9.84. The van der Waals surface area contributed by atoms with E-state index in [1.807, 2.05) is 30.1 Å². The number of anilines is 1. The van der Waals surface area contributed by atoms with Gasteiger partial charge in [-0.05, 0) is 22.0 Å². The molecule has 0 unspecified atom stereocenters. The molecular weight excluding hydrogens is 294 g/mol. The normalized spacial score (nSPS) is 11.2. The van der Waals surface area contributed by atoms with Crippen molar-refractivity contribution in [2.24, 2.45) is 7.05 Å². The quantitative estimate of drug-likeness (QED) is 0.789. The molecule has 0 saturated carbocycles. The maximum Gasteiger partial charge on any atom is 0.159 e. The standard InChI is InChI=1S/C12H12BrN5/c1-17-11-5-3-2-4-8(11)10(15-17)7-18-6-9(13)12(14)16-18/h2-6H,7H2,1H3,(H2,14,16). The minimum absolute atomic E-state index is 0.496. The first-order chi connectivity index (χ1) is 8.65. The van der Waals surface area contributed by atoms with Crippen molar-refractivity contribution < 1.29 is 0 Å². The predicted molar refractivity (Wildman–Crippen MR) is 74.2 cm³/mol. The number of aromatic nitrogens is 4. The molecule has 0 spiro atoms. The zero-order valence-corrected chi connectivity index (χ0v) is 11.4. The van der Waals surface area contributed by atoms with Gasteiger partial charge in [-0.3, -0.25) is 9.36 Å². The van der Waals surface area contributed by atoms with Crippen LogP contribution in [-0.4, -0.2) is 19.6 Å². The van der Waals surface area contributed by atoms with E-state index in [9.17, 15) is 0 Å². The maximum atomic E-state index is 5.71. The van der Waals surface area contributed by atoms with Crippen molar-refractivity contribution in [3.8, 4) is 0 Å².